The average Bonchev–Trinajstić information content (AvgIpc) is 2.86. The second kappa shape index (κ2) is 7.80. The van der Waals surface area contributed by atoms with Crippen molar-refractivity contribution in [3.8, 4) is 0 Å². The van der Waals surface area contributed by atoms with Crippen molar-refractivity contribution < 1.29 is 22.5 Å². The Kier molecular flexibility index (Phi) is 5.94. The largest absolute Gasteiger partial charge is 0.416 e. The minimum Gasteiger partial charge on any atom is -0.361 e. The topological polar surface area (TPSA) is 67.2 Å². The number of aryl methyl sites for hydroxylation is 2. The van der Waals surface area contributed by atoms with E-state index >= 15 is 0 Å². The van der Waals surface area contributed by atoms with Gasteiger partial charge in [-0.25, -0.2) is 4.79 Å². The molecular weight excluding hydrogens is 347 g/mol. The number of rotatable bonds is 5. The smallest absolute Gasteiger partial charge is 0.361 e. The fourth-order valence-corrected chi connectivity index (χ4v) is 2.68. The van der Waals surface area contributed by atoms with E-state index in [-0.39, 0.29) is 6.04 Å². The number of nitrogens with zero attached hydrogens (tertiary/aromatic N) is 1. The molecule has 0 spiro atoms. The molecule has 5 nitrogen and oxygen atoms in total. The first kappa shape index (κ1) is 19.8. The molecule has 0 bridgehead atoms. The molecular formula is C18H22F3N3O2. The molecule has 1 aromatic carbocycles. The zero-order valence-electron chi connectivity index (χ0n) is 15.1. The summed E-state index contributed by atoms with van der Waals surface area (Å²) < 4.78 is 43.5. The summed E-state index contributed by atoms with van der Waals surface area (Å²) in [6.45, 7) is 7.10. The number of carbonyl (C=O) groups excluding carboxylic acids is 1. The Morgan fingerprint density at radius 3 is 2.50 bits per heavy atom. The van der Waals surface area contributed by atoms with Gasteiger partial charge in [0.1, 0.15) is 5.76 Å². The quantitative estimate of drug-likeness (QED) is 0.826. The van der Waals surface area contributed by atoms with Crippen molar-refractivity contribution in [2.24, 2.45) is 0 Å². The van der Waals surface area contributed by atoms with E-state index in [1.54, 1.807) is 19.9 Å². The van der Waals surface area contributed by atoms with Gasteiger partial charge in [-0.15, -0.1) is 0 Å². The Labute approximate surface area is 149 Å². The lowest BCUT2D eigenvalue weighted by Crippen LogP contribution is -2.42. The van der Waals surface area contributed by atoms with Crippen LogP contribution in [0.2, 0.25) is 0 Å². The monoisotopic (exact) mass is 369 g/mol. The Hall–Kier alpha value is -2.51. The van der Waals surface area contributed by atoms with Crippen molar-refractivity contribution in [2.45, 2.75) is 52.4 Å². The highest BCUT2D eigenvalue weighted by Crippen LogP contribution is 2.30. The summed E-state index contributed by atoms with van der Waals surface area (Å²) >= 11 is 0. The first-order valence-corrected chi connectivity index (χ1v) is 8.24. The van der Waals surface area contributed by atoms with Gasteiger partial charge in [-0.3, -0.25) is 0 Å². The van der Waals surface area contributed by atoms with Crippen molar-refractivity contribution in [3.63, 3.8) is 0 Å². The first-order valence-electron chi connectivity index (χ1n) is 8.24. The van der Waals surface area contributed by atoms with Crippen LogP contribution in [-0.2, 0) is 12.6 Å². The third-order valence-electron chi connectivity index (χ3n) is 4.13. The molecule has 2 aromatic rings. The molecule has 8 heteroatoms. The van der Waals surface area contributed by atoms with Crippen LogP contribution in [0.3, 0.4) is 0 Å². The summed E-state index contributed by atoms with van der Waals surface area (Å²) in [5.41, 5.74) is 1.35. The number of aromatic nitrogens is 1. The van der Waals surface area contributed by atoms with Gasteiger partial charge in [-0.2, -0.15) is 13.2 Å². The summed E-state index contributed by atoms with van der Waals surface area (Å²) in [6, 6.07) is 3.71. The van der Waals surface area contributed by atoms with E-state index in [0.717, 1.165) is 23.4 Å². The van der Waals surface area contributed by atoms with Crippen molar-refractivity contribution >= 4 is 6.03 Å². The molecule has 0 saturated carbocycles. The number of hydrogen-bond donors (Lipinski definition) is 2. The molecule has 142 valence electrons. The fraction of sp³-hybridized carbons (Fsp3) is 0.444. The van der Waals surface area contributed by atoms with E-state index in [4.69, 9.17) is 4.52 Å². The van der Waals surface area contributed by atoms with E-state index < -0.39 is 23.8 Å². The van der Waals surface area contributed by atoms with Gasteiger partial charge < -0.3 is 15.2 Å². The van der Waals surface area contributed by atoms with Gasteiger partial charge in [0.2, 0.25) is 0 Å². The molecule has 1 heterocycles. The van der Waals surface area contributed by atoms with E-state index in [2.05, 4.69) is 15.8 Å². The van der Waals surface area contributed by atoms with Crippen molar-refractivity contribution in [1.29, 1.82) is 0 Å². The molecule has 0 saturated heterocycles. The van der Waals surface area contributed by atoms with Crippen LogP contribution in [0.1, 0.15) is 48.0 Å². The van der Waals surface area contributed by atoms with Gasteiger partial charge in [-0.05, 0) is 51.8 Å². The SMILES string of the molecule is Cc1noc(C)c1CC(C)NC(=O)NC(C)c1cccc(C(F)(F)F)c1. The molecule has 0 aliphatic heterocycles. The number of amides is 2. The predicted molar refractivity (Wildman–Crippen MR) is 90.7 cm³/mol. The first-order chi connectivity index (χ1) is 12.1. The zero-order chi connectivity index (χ0) is 19.5. The second-order valence-electron chi connectivity index (χ2n) is 6.37. The predicted octanol–water partition coefficient (Wildman–Crippen LogP) is 4.30. The number of halogens is 3. The van der Waals surface area contributed by atoms with Crippen LogP contribution in [0.15, 0.2) is 28.8 Å². The average molecular weight is 369 g/mol. The molecule has 0 aliphatic carbocycles. The lowest BCUT2D eigenvalue weighted by Gasteiger charge is -2.19. The number of alkyl halides is 3. The van der Waals surface area contributed by atoms with E-state index in [1.165, 1.54) is 6.07 Å². The van der Waals surface area contributed by atoms with Gasteiger partial charge in [0.05, 0.1) is 17.3 Å². The number of hydrogen-bond acceptors (Lipinski definition) is 3. The lowest BCUT2D eigenvalue weighted by molar-refractivity contribution is -0.137. The van der Waals surface area contributed by atoms with Crippen LogP contribution in [0.5, 0.6) is 0 Å². The Bertz CT molecular complexity index is 752. The highest BCUT2D eigenvalue weighted by molar-refractivity contribution is 5.74. The third kappa shape index (κ3) is 5.00. The molecule has 2 N–H and O–H groups in total. The number of benzene rings is 1. The number of nitrogens with one attached hydrogen (secondary N) is 2. The van der Waals surface area contributed by atoms with Crippen LogP contribution in [0.25, 0.3) is 0 Å². The Morgan fingerprint density at radius 2 is 1.92 bits per heavy atom. The van der Waals surface area contributed by atoms with Gasteiger partial charge in [0, 0.05) is 11.6 Å². The summed E-state index contributed by atoms with van der Waals surface area (Å²) in [5.74, 6) is 0.703. The molecule has 2 atom stereocenters. The molecule has 26 heavy (non-hydrogen) atoms. The minimum absolute atomic E-state index is 0.194. The maximum Gasteiger partial charge on any atom is 0.416 e. The van der Waals surface area contributed by atoms with Crippen molar-refractivity contribution in [2.75, 3.05) is 0 Å². The van der Waals surface area contributed by atoms with Gasteiger partial charge in [0.25, 0.3) is 0 Å². The van der Waals surface area contributed by atoms with Crippen molar-refractivity contribution in [3.05, 3.63) is 52.4 Å². The lowest BCUT2D eigenvalue weighted by atomic mass is 10.0. The van der Waals surface area contributed by atoms with Gasteiger partial charge in [0.15, 0.2) is 0 Å². The fourth-order valence-electron chi connectivity index (χ4n) is 2.68. The highest BCUT2D eigenvalue weighted by atomic mass is 19.4. The molecule has 0 radical (unpaired) electrons. The summed E-state index contributed by atoms with van der Waals surface area (Å²) in [7, 11) is 0. The molecule has 2 unspecified atom stereocenters. The van der Waals surface area contributed by atoms with E-state index in [9.17, 15) is 18.0 Å². The summed E-state index contributed by atoms with van der Waals surface area (Å²) in [4.78, 5) is 12.1. The highest BCUT2D eigenvalue weighted by Gasteiger charge is 2.30. The van der Waals surface area contributed by atoms with Crippen LogP contribution < -0.4 is 10.6 Å². The summed E-state index contributed by atoms with van der Waals surface area (Å²) in [6.07, 6.45) is -3.87. The Morgan fingerprint density at radius 1 is 1.23 bits per heavy atom. The van der Waals surface area contributed by atoms with E-state index in [1.807, 2.05) is 13.8 Å². The standard InChI is InChI=1S/C18H22F3N3O2/c1-10(8-16-12(3)24-26-13(16)4)22-17(25)23-11(2)14-6-5-7-15(9-14)18(19,20)21/h5-7,9-11H,8H2,1-4H3,(H2,22,23,25). The van der Waals surface area contributed by atoms with Gasteiger partial charge in [-0.1, -0.05) is 17.3 Å². The van der Waals surface area contributed by atoms with Crippen LogP contribution in [0, 0.1) is 13.8 Å². The van der Waals surface area contributed by atoms with Crippen LogP contribution >= 0.6 is 0 Å². The maximum absolute atomic E-state index is 12.8. The molecule has 0 fully saturated rings. The van der Waals surface area contributed by atoms with Gasteiger partial charge >= 0.3 is 12.2 Å². The van der Waals surface area contributed by atoms with Crippen LogP contribution in [0.4, 0.5) is 18.0 Å². The molecule has 2 amide bonds. The summed E-state index contributed by atoms with van der Waals surface area (Å²) in [5, 5.41) is 9.30. The molecule has 2 rings (SSSR count). The Balaban J connectivity index is 1.95. The zero-order valence-corrected chi connectivity index (χ0v) is 15.1. The normalized spacial score (nSPS) is 14.0. The molecule has 0 aliphatic rings. The van der Waals surface area contributed by atoms with Crippen molar-refractivity contribution in [1.82, 2.24) is 15.8 Å². The van der Waals surface area contributed by atoms with E-state index in [0.29, 0.717) is 17.7 Å². The molecule has 1 aromatic heterocycles. The minimum atomic E-state index is -4.42. The number of urea groups is 1. The second-order valence-corrected chi connectivity index (χ2v) is 6.37. The maximum atomic E-state index is 12.8. The van der Waals surface area contributed by atoms with Crippen LogP contribution in [-0.4, -0.2) is 17.2 Å². The number of carbonyl (C=O) groups is 1. The third-order valence-corrected chi connectivity index (χ3v) is 4.13.